The van der Waals surface area contributed by atoms with Crippen LogP contribution in [0.25, 0.3) is 11.3 Å². The number of hydrogen-bond acceptors (Lipinski definition) is 21. The number of aryl methyl sites for hydroxylation is 3. The summed E-state index contributed by atoms with van der Waals surface area (Å²) in [5, 5.41) is 26.4. The van der Waals surface area contributed by atoms with E-state index in [4.69, 9.17) is 41.1 Å². The summed E-state index contributed by atoms with van der Waals surface area (Å²) in [5.74, 6) is -7.38. The highest BCUT2D eigenvalue weighted by atomic mass is 79.9. The molecule has 6 rings (SSSR count). The standard InChI is InChI=1S/C15H12BrClF4N2O2.C15H16F3N5O4S.C14H10F4N4O7S.C3H8NO5P/c1-6(2)25-14(24)7-4-8(10(18)5-9(7)17)12-11(16)13(15(19,20)21)23(3)22-12;1-9-19-12(22-14(20-9)27-2)21-13(24)23-28(25,26)11-6-4-3-5-10(11)7-8-15(16,17)18;15-11(16)28-8-5-9(29-12(17)18)20-13(19-8)21-14(25)22-30(26,27)7-4-2-1-3-6(7)10(23)24;5-3(6)1-4-2-10(7,8)9/h4-6H,1-3H3;3-6H,7-8H2,1-2H3,(H2,19,20,21,22,23,24);1-5,11-12H,(H,23,24)(H2,19,20,21,22,25);4H,1-2H2,(H,5,6)(H2,7,8,9). The lowest BCUT2D eigenvalue weighted by atomic mass is 10.1. The molecule has 3 aromatic carbocycles. The minimum atomic E-state index is -4.71. The predicted octanol–water partition coefficient (Wildman–Crippen LogP) is 8.10. The van der Waals surface area contributed by atoms with Crippen molar-refractivity contribution >= 4 is 97.0 Å². The summed E-state index contributed by atoms with van der Waals surface area (Å²) < 4.78 is 221. The number of rotatable bonds is 21. The number of hydrogen-bond donors (Lipinski definition) is 9. The summed E-state index contributed by atoms with van der Waals surface area (Å²) >= 11 is 8.67. The number of halogens is 13. The van der Waals surface area contributed by atoms with Crippen molar-refractivity contribution in [1.82, 2.24) is 49.5 Å². The van der Waals surface area contributed by atoms with Gasteiger partial charge in [-0.1, -0.05) is 41.9 Å². The van der Waals surface area contributed by atoms with E-state index in [9.17, 15) is 93.7 Å². The second kappa shape index (κ2) is 33.8. The van der Waals surface area contributed by atoms with Crippen molar-refractivity contribution in [2.45, 2.75) is 75.1 Å². The van der Waals surface area contributed by atoms with Crippen molar-refractivity contribution in [3.63, 3.8) is 0 Å². The van der Waals surface area contributed by atoms with Gasteiger partial charge in [-0.3, -0.25) is 30.0 Å². The number of aromatic carboxylic acids is 1. The molecule has 9 N–H and O–H groups in total. The average molecular weight is 1490 g/mol. The first kappa shape index (κ1) is 78.6. The Morgan fingerprint density at radius 1 is 0.763 bits per heavy atom. The van der Waals surface area contributed by atoms with E-state index in [1.165, 1.54) is 49.1 Å². The van der Waals surface area contributed by atoms with Gasteiger partial charge >= 0.3 is 69.2 Å². The van der Waals surface area contributed by atoms with E-state index < -0.39 is 164 Å². The maximum absolute atomic E-state index is 14.3. The maximum Gasteiger partial charge on any atom is 0.434 e. The van der Waals surface area contributed by atoms with Crippen molar-refractivity contribution in [3.8, 4) is 29.0 Å². The second-order valence-electron chi connectivity index (χ2n) is 17.5. The van der Waals surface area contributed by atoms with E-state index in [1.807, 2.05) is 0 Å². The number of urea groups is 2. The number of anilines is 2. The first-order valence-corrected chi connectivity index (χ1v) is 30.4. The number of carboxylic acid groups (broad SMARTS) is 2. The number of nitrogens with one attached hydrogen (secondary N) is 5. The smallest absolute Gasteiger partial charge is 0.434 e. The fourth-order valence-corrected chi connectivity index (χ4v) is 10.2. The molecule has 93 heavy (non-hydrogen) atoms. The van der Waals surface area contributed by atoms with Gasteiger partial charge in [0.1, 0.15) is 22.2 Å². The highest BCUT2D eigenvalue weighted by molar-refractivity contribution is 9.10. The number of nitrogens with zero attached hydrogens (tertiary/aromatic N) is 7. The zero-order chi connectivity index (χ0) is 70.7. The Bertz CT molecular complexity index is 3930. The summed E-state index contributed by atoms with van der Waals surface area (Å²) in [6, 6.07) is 8.90. The van der Waals surface area contributed by atoms with Gasteiger partial charge in [0.2, 0.25) is 23.7 Å². The van der Waals surface area contributed by atoms with Crippen LogP contribution in [0.4, 0.5) is 69.8 Å². The number of ether oxygens (including phenoxy) is 4. The molecule has 0 spiro atoms. The topological polar surface area (TPSA) is 431 Å². The number of aromatic nitrogens is 7. The van der Waals surface area contributed by atoms with Crippen LogP contribution in [0.2, 0.25) is 5.02 Å². The number of benzene rings is 3. The summed E-state index contributed by atoms with van der Waals surface area (Å²) in [6.07, 6.45) is -11.9. The van der Waals surface area contributed by atoms with E-state index in [0.717, 1.165) is 37.4 Å². The zero-order valence-electron chi connectivity index (χ0n) is 47.2. The van der Waals surface area contributed by atoms with E-state index in [0.29, 0.717) is 10.7 Å². The van der Waals surface area contributed by atoms with Gasteiger partial charge in [-0.05, 0) is 79.0 Å². The normalized spacial score (nSPS) is 11.6. The van der Waals surface area contributed by atoms with Crippen molar-refractivity contribution < 1.29 is 133 Å². The van der Waals surface area contributed by atoms with Crippen molar-refractivity contribution in [3.05, 3.63) is 110 Å². The molecule has 6 aromatic rings. The first-order valence-electron chi connectivity index (χ1n) is 24.5. The number of methoxy groups -OCH3 is 1. The van der Waals surface area contributed by atoms with Crippen molar-refractivity contribution in [2.24, 2.45) is 7.05 Å². The molecular weight excluding hydrogens is 1440 g/mol. The Morgan fingerprint density at radius 3 is 1.75 bits per heavy atom. The van der Waals surface area contributed by atoms with E-state index in [-0.39, 0.29) is 45.2 Å². The van der Waals surface area contributed by atoms with Crippen LogP contribution in [-0.4, -0.2) is 147 Å². The van der Waals surface area contributed by atoms with Gasteiger partial charge in [0.05, 0.1) is 57.6 Å². The molecule has 3 aromatic heterocycles. The SMILES string of the molecule is CC(C)OC(=O)c1cc(-c2nn(C)c(C(F)(F)F)c2Br)c(F)cc1Cl.COc1nc(C)nc(NC(=O)NS(=O)(=O)c2ccccc2CCC(F)(F)F)n1.O=C(Nc1nc(OC(F)F)cc(OC(F)F)n1)NS(=O)(=O)c1ccccc1C(=O)O.O=C(O)CNCP(=O)(O)O. The number of sulfonamides is 2. The number of amides is 4. The molecule has 46 heteroatoms. The molecule has 0 saturated heterocycles. The van der Waals surface area contributed by atoms with Gasteiger partial charge in [-0.2, -0.15) is 73.9 Å². The van der Waals surface area contributed by atoms with Crippen LogP contribution in [-0.2, 0) is 53.8 Å². The lowest BCUT2D eigenvalue weighted by Gasteiger charge is -2.13. The Morgan fingerprint density at radius 2 is 1.28 bits per heavy atom. The predicted molar refractivity (Wildman–Crippen MR) is 299 cm³/mol. The average Bonchev–Trinajstić information content (AvgIpc) is 1.68. The van der Waals surface area contributed by atoms with Gasteiger partial charge in [0, 0.05) is 19.0 Å². The van der Waals surface area contributed by atoms with E-state index in [2.05, 4.69) is 66.1 Å². The fraction of sp³-hybridized carbons (Fsp3) is 0.298. The van der Waals surface area contributed by atoms with Gasteiger partial charge < -0.3 is 38.9 Å². The number of carbonyl (C=O) groups excluding carboxylic acids is 3. The van der Waals surface area contributed by atoms with Crippen LogP contribution in [0.15, 0.2) is 81.0 Å². The zero-order valence-corrected chi connectivity index (χ0v) is 52.1. The molecule has 30 nitrogen and oxygen atoms in total. The molecule has 0 aliphatic heterocycles. The number of aliphatic carboxylic acids is 1. The minimum absolute atomic E-state index is 0.0715. The van der Waals surface area contributed by atoms with E-state index in [1.54, 1.807) is 23.9 Å². The molecule has 0 atom stereocenters. The Kier molecular flexibility index (Phi) is 28.5. The highest BCUT2D eigenvalue weighted by Gasteiger charge is 2.39. The lowest BCUT2D eigenvalue weighted by Crippen LogP contribution is -2.35. The van der Waals surface area contributed by atoms with Crippen molar-refractivity contribution in [1.29, 1.82) is 0 Å². The molecule has 0 fully saturated rings. The van der Waals surface area contributed by atoms with Crippen LogP contribution < -0.4 is 39.6 Å². The summed E-state index contributed by atoms with van der Waals surface area (Å²) in [6.45, 7) is -2.53. The van der Waals surface area contributed by atoms with Crippen LogP contribution in [0, 0.1) is 12.7 Å². The van der Waals surface area contributed by atoms with Crippen molar-refractivity contribution in [2.75, 3.05) is 30.6 Å². The number of alkyl halides is 10. The Labute approximate surface area is 529 Å². The third kappa shape index (κ3) is 26.5. The van der Waals surface area contributed by atoms with Crippen LogP contribution in [0.1, 0.15) is 58.1 Å². The molecule has 510 valence electrons. The van der Waals surface area contributed by atoms with Crippen LogP contribution in [0.3, 0.4) is 0 Å². The van der Waals surface area contributed by atoms with Gasteiger partial charge in [0.25, 0.3) is 20.0 Å². The highest BCUT2D eigenvalue weighted by Crippen LogP contribution is 2.41. The molecule has 0 aliphatic rings. The number of esters is 1. The molecule has 4 amide bonds. The monoisotopic (exact) mass is 1480 g/mol. The molecule has 3 heterocycles. The molecule has 0 bridgehead atoms. The number of carboxylic acids is 2. The van der Waals surface area contributed by atoms with Gasteiger partial charge in [-0.25, -0.2) is 49.8 Å². The molecule has 0 saturated carbocycles. The minimum Gasteiger partial charge on any atom is -0.480 e. The van der Waals surface area contributed by atoms with Gasteiger partial charge in [0.15, 0.2) is 5.69 Å². The third-order valence-corrected chi connectivity index (χ3v) is 14.5. The molecule has 0 aliphatic carbocycles. The largest absolute Gasteiger partial charge is 0.480 e. The molecular formula is C47H46BrClF11N12O18PS2. The van der Waals surface area contributed by atoms with E-state index >= 15 is 0 Å². The Hall–Kier alpha value is -8.68. The fourth-order valence-electron chi connectivity index (χ4n) is 6.55. The summed E-state index contributed by atoms with van der Waals surface area (Å²) in [5.41, 5.74) is -2.58. The van der Waals surface area contributed by atoms with Gasteiger partial charge in [-0.15, -0.1) is 0 Å². The quantitative estimate of drug-likeness (QED) is 0.0186. The Balaban J connectivity index is 0.000000339. The first-order chi connectivity index (χ1) is 42.8. The maximum atomic E-state index is 14.3. The lowest BCUT2D eigenvalue weighted by molar-refractivity contribution is -0.144. The van der Waals surface area contributed by atoms with Crippen LogP contribution >= 0.6 is 35.1 Å². The molecule has 0 radical (unpaired) electrons. The summed E-state index contributed by atoms with van der Waals surface area (Å²) in [7, 11) is -10.9. The summed E-state index contributed by atoms with van der Waals surface area (Å²) in [4.78, 5) is 90.0. The second-order valence-corrected chi connectivity index (χ2v) is 23.7. The van der Waals surface area contributed by atoms with Crippen LogP contribution in [0.5, 0.6) is 17.8 Å². The third-order valence-electron chi connectivity index (χ3n) is 9.99. The molecule has 0 unspecified atom stereocenters. The number of carbonyl (C=O) groups is 5.